The van der Waals surface area contributed by atoms with E-state index in [2.05, 4.69) is 5.32 Å². The number of carbonyl (C=O) groups excluding carboxylic acids is 1. The fourth-order valence-electron chi connectivity index (χ4n) is 2.05. The van der Waals surface area contributed by atoms with E-state index < -0.39 is 0 Å². The van der Waals surface area contributed by atoms with Gasteiger partial charge in [-0.1, -0.05) is 12.1 Å². The first kappa shape index (κ1) is 11.0. The van der Waals surface area contributed by atoms with E-state index in [1.807, 2.05) is 24.3 Å². The third-order valence-electron chi connectivity index (χ3n) is 2.79. The first-order chi connectivity index (χ1) is 7.75. The van der Waals surface area contributed by atoms with E-state index in [1.54, 1.807) is 0 Å². The van der Waals surface area contributed by atoms with Crippen LogP contribution in [-0.4, -0.2) is 12.0 Å². The van der Waals surface area contributed by atoms with Crippen LogP contribution in [0.4, 0.5) is 5.69 Å². The molecule has 1 amide bonds. The van der Waals surface area contributed by atoms with Crippen molar-refractivity contribution >= 4 is 11.6 Å². The van der Waals surface area contributed by atoms with Crippen LogP contribution in [0.1, 0.15) is 32.6 Å². The number of hydrogen-bond donors (Lipinski definition) is 1. The zero-order chi connectivity index (χ0) is 11.4. The fourth-order valence-corrected chi connectivity index (χ4v) is 2.05. The molecule has 1 saturated carbocycles. The number of amides is 1. The molecular formula is C13H17NO2. The van der Waals surface area contributed by atoms with E-state index in [-0.39, 0.29) is 5.91 Å². The van der Waals surface area contributed by atoms with Crippen molar-refractivity contribution in [2.45, 2.75) is 38.7 Å². The van der Waals surface area contributed by atoms with Gasteiger partial charge in [-0.05, 0) is 37.8 Å². The van der Waals surface area contributed by atoms with Gasteiger partial charge in [-0.3, -0.25) is 4.79 Å². The third-order valence-corrected chi connectivity index (χ3v) is 2.79. The van der Waals surface area contributed by atoms with E-state index in [4.69, 9.17) is 4.74 Å². The molecular weight excluding hydrogens is 202 g/mol. The van der Waals surface area contributed by atoms with Crippen molar-refractivity contribution in [3.8, 4) is 5.75 Å². The largest absolute Gasteiger partial charge is 0.488 e. The zero-order valence-electron chi connectivity index (χ0n) is 9.53. The minimum absolute atomic E-state index is 0.0672. The van der Waals surface area contributed by atoms with Gasteiger partial charge >= 0.3 is 0 Å². The maximum atomic E-state index is 11.0. The molecule has 0 bridgehead atoms. The molecule has 3 heteroatoms. The number of rotatable bonds is 3. The molecule has 1 aliphatic rings. The van der Waals surface area contributed by atoms with Gasteiger partial charge in [0.25, 0.3) is 0 Å². The molecule has 1 N–H and O–H groups in total. The summed E-state index contributed by atoms with van der Waals surface area (Å²) in [5.41, 5.74) is 0.766. The Labute approximate surface area is 95.8 Å². The summed E-state index contributed by atoms with van der Waals surface area (Å²) in [5.74, 6) is 0.715. The number of ether oxygens (including phenoxy) is 1. The van der Waals surface area contributed by atoms with Gasteiger partial charge in [0, 0.05) is 6.92 Å². The maximum Gasteiger partial charge on any atom is 0.221 e. The third kappa shape index (κ3) is 2.75. The van der Waals surface area contributed by atoms with Crippen LogP contribution >= 0.6 is 0 Å². The van der Waals surface area contributed by atoms with Crippen molar-refractivity contribution in [3.63, 3.8) is 0 Å². The average molecular weight is 219 g/mol. The summed E-state index contributed by atoms with van der Waals surface area (Å²) in [6.45, 7) is 1.51. The molecule has 0 heterocycles. The molecule has 1 aromatic carbocycles. The lowest BCUT2D eigenvalue weighted by atomic mass is 10.2. The number of hydrogen-bond acceptors (Lipinski definition) is 2. The van der Waals surface area contributed by atoms with Gasteiger partial charge < -0.3 is 10.1 Å². The van der Waals surface area contributed by atoms with Gasteiger partial charge in [-0.2, -0.15) is 0 Å². The van der Waals surface area contributed by atoms with E-state index in [0.717, 1.165) is 24.3 Å². The Morgan fingerprint density at radius 3 is 2.69 bits per heavy atom. The van der Waals surface area contributed by atoms with Crippen LogP contribution in [0.2, 0.25) is 0 Å². The average Bonchev–Trinajstić information content (AvgIpc) is 2.73. The molecule has 0 unspecified atom stereocenters. The molecule has 3 nitrogen and oxygen atoms in total. The highest BCUT2D eigenvalue weighted by Gasteiger charge is 2.17. The first-order valence-corrected chi connectivity index (χ1v) is 5.79. The number of carbonyl (C=O) groups is 1. The van der Waals surface area contributed by atoms with Gasteiger partial charge in [0.15, 0.2) is 0 Å². The van der Waals surface area contributed by atoms with Crippen LogP contribution in [-0.2, 0) is 4.79 Å². The number of nitrogens with one attached hydrogen (secondary N) is 1. The van der Waals surface area contributed by atoms with Crippen molar-refractivity contribution in [2.24, 2.45) is 0 Å². The SMILES string of the molecule is CC(=O)Nc1ccccc1OC1CCCC1. The van der Waals surface area contributed by atoms with Crippen LogP contribution in [0.3, 0.4) is 0 Å². The van der Waals surface area contributed by atoms with Crippen molar-refractivity contribution in [1.82, 2.24) is 0 Å². The summed E-state index contributed by atoms with van der Waals surface area (Å²) in [6, 6.07) is 7.59. The van der Waals surface area contributed by atoms with Gasteiger partial charge in [0.1, 0.15) is 5.75 Å². The van der Waals surface area contributed by atoms with Crippen LogP contribution in [0, 0.1) is 0 Å². The summed E-state index contributed by atoms with van der Waals surface area (Å²) >= 11 is 0. The predicted octanol–water partition coefficient (Wildman–Crippen LogP) is 2.97. The Balaban J connectivity index is 2.09. The second-order valence-electron chi connectivity index (χ2n) is 4.20. The Morgan fingerprint density at radius 2 is 2.00 bits per heavy atom. The molecule has 0 spiro atoms. The van der Waals surface area contributed by atoms with Gasteiger partial charge in [0.05, 0.1) is 11.8 Å². The predicted molar refractivity (Wildman–Crippen MR) is 63.6 cm³/mol. The number of anilines is 1. The second kappa shape index (κ2) is 5.01. The number of para-hydroxylation sites is 2. The molecule has 1 aromatic rings. The normalized spacial score (nSPS) is 16.1. The maximum absolute atomic E-state index is 11.0. The van der Waals surface area contributed by atoms with Crippen molar-refractivity contribution < 1.29 is 9.53 Å². The molecule has 16 heavy (non-hydrogen) atoms. The molecule has 0 saturated heterocycles. The van der Waals surface area contributed by atoms with Crippen LogP contribution < -0.4 is 10.1 Å². The minimum atomic E-state index is -0.0672. The van der Waals surface area contributed by atoms with Crippen LogP contribution in [0.5, 0.6) is 5.75 Å². The summed E-state index contributed by atoms with van der Waals surface area (Å²) < 4.78 is 5.89. The lowest BCUT2D eigenvalue weighted by Crippen LogP contribution is -2.13. The second-order valence-corrected chi connectivity index (χ2v) is 4.20. The Hall–Kier alpha value is -1.51. The topological polar surface area (TPSA) is 38.3 Å². The highest BCUT2D eigenvalue weighted by atomic mass is 16.5. The smallest absolute Gasteiger partial charge is 0.221 e. The molecule has 2 rings (SSSR count). The summed E-state index contributed by atoms with van der Waals surface area (Å²) in [4.78, 5) is 11.0. The standard InChI is InChI=1S/C13H17NO2/c1-10(15)14-12-8-4-5-9-13(12)16-11-6-2-3-7-11/h4-5,8-9,11H,2-3,6-7H2,1H3,(H,14,15). The molecule has 1 fully saturated rings. The molecule has 86 valence electrons. The van der Waals surface area contributed by atoms with Crippen molar-refractivity contribution in [3.05, 3.63) is 24.3 Å². The summed E-state index contributed by atoms with van der Waals surface area (Å²) in [7, 11) is 0. The summed E-state index contributed by atoms with van der Waals surface area (Å²) in [6.07, 6.45) is 5.04. The van der Waals surface area contributed by atoms with Gasteiger partial charge in [-0.15, -0.1) is 0 Å². The molecule has 0 aromatic heterocycles. The summed E-state index contributed by atoms with van der Waals surface area (Å²) in [5, 5.41) is 2.78. The van der Waals surface area contributed by atoms with Gasteiger partial charge in [-0.25, -0.2) is 0 Å². The van der Waals surface area contributed by atoms with Gasteiger partial charge in [0.2, 0.25) is 5.91 Å². The van der Waals surface area contributed by atoms with Crippen molar-refractivity contribution in [2.75, 3.05) is 5.32 Å². The molecule has 0 atom stereocenters. The molecule has 0 aliphatic heterocycles. The molecule has 0 radical (unpaired) electrons. The highest BCUT2D eigenvalue weighted by molar-refractivity contribution is 5.90. The zero-order valence-corrected chi connectivity index (χ0v) is 9.53. The van der Waals surface area contributed by atoms with E-state index in [0.29, 0.717) is 6.10 Å². The number of benzene rings is 1. The Bertz CT molecular complexity index is 370. The Kier molecular flexibility index (Phi) is 3.44. The lowest BCUT2D eigenvalue weighted by Gasteiger charge is -2.16. The lowest BCUT2D eigenvalue weighted by molar-refractivity contribution is -0.114. The van der Waals surface area contributed by atoms with E-state index in [9.17, 15) is 4.79 Å². The Morgan fingerprint density at radius 1 is 1.31 bits per heavy atom. The quantitative estimate of drug-likeness (QED) is 0.848. The highest BCUT2D eigenvalue weighted by Crippen LogP contribution is 2.29. The van der Waals surface area contributed by atoms with E-state index in [1.165, 1.54) is 19.8 Å². The fraction of sp³-hybridized carbons (Fsp3) is 0.462. The van der Waals surface area contributed by atoms with Crippen LogP contribution in [0.25, 0.3) is 0 Å². The van der Waals surface area contributed by atoms with E-state index >= 15 is 0 Å². The monoisotopic (exact) mass is 219 g/mol. The van der Waals surface area contributed by atoms with Crippen molar-refractivity contribution in [1.29, 1.82) is 0 Å². The molecule has 1 aliphatic carbocycles. The minimum Gasteiger partial charge on any atom is -0.488 e. The first-order valence-electron chi connectivity index (χ1n) is 5.79. The van der Waals surface area contributed by atoms with Crippen LogP contribution in [0.15, 0.2) is 24.3 Å².